The monoisotopic (exact) mass is 233 g/mol. The van der Waals surface area contributed by atoms with Crippen LogP contribution in [0.2, 0.25) is 0 Å². The van der Waals surface area contributed by atoms with Crippen molar-refractivity contribution >= 4 is 22.9 Å². The van der Waals surface area contributed by atoms with E-state index in [1.54, 1.807) is 11.7 Å². The third-order valence-electron chi connectivity index (χ3n) is 2.06. The van der Waals surface area contributed by atoms with Crippen molar-refractivity contribution < 1.29 is 4.79 Å². The van der Waals surface area contributed by atoms with Gasteiger partial charge in [-0.05, 0) is 17.7 Å². The molecule has 0 saturated carbocycles. The van der Waals surface area contributed by atoms with E-state index in [1.807, 2.05) is 24.3 Å². The molecule has 0 atom stereocenters. The molecule has 1 amide bonds. The van der Waals surface area contributed by atoms with Gasteiger partial charge >= 0.3 is 0 Å². The quantitative estimate of drug-likeness (QED) is 0.792. The molecule has 4 nitrogen and oxygen atoms in total. The summed E-state index contributed by atoms with van der Waals surface area (Å²) in [6, 6.07) is 7.44. The van der Waals surface area contributed by atoms with E-state index in [4.69, 9.17) is 5.73 Å². The van der Waals surface area contributed by atoms with Crippen LogP contribution in [0.4, 0.5) is 5.69 Å². The number of carbonyl (C=O) groups excluding carboxylic acids is 1. The molecule has 0 unspecified atom stereocenters. The van der Waals surface area contributed by atoms with Gasteiger partial charge in [0.25, 0.3) is 5.91 Å². The topological polar surface area (TPSA) is 68.0 Å². The van der Waals surface area contributed by atoms with Gasteiger partial charge in [0.2, 0.25) is 0 Å². The summed E-state index contributed by atoms with van der Waals surface area (Å²) >= 11 is 1.32. The lowest BCUT2D eigenvalue weighted by molar-refractivity contribution is 0.0955. The molecular weight excluding hydrogens is 222 g/mol. The van der Waals surface area contributed by atoms with Gasteiger partial charge in [-0.3, -0.25) is 9.78 Å². The minimum absolute atomic E-state index is 0.107. The van der Waals surface area contributed by atoms with E-state index in [-0.39, 0.29) is 5.91 Å². The number of nitrogen functional groups attached to an aromatic ring is 1. The third-order valence-corrected chi connectivity index (χ3v) is 2.83. The fraction of sp³-hybridized carbons (Fsp3) is 0.0909. The second-order valence-electron chi connectivity index (χ2n) is 3.29. The predicted molar refractivity (Wildman–Crippen MR) is 64.1 cm³/mol. The number of nitrogens with zero attached hydrogens (tertiary/aromatic N) is 1. The number of rotatable bonds is 3. The zero-order valence-electron chi connectivity index (χ0n) is 8.51. The Morgan fingerprint density at radius 2 is 2.38 bits per heavy atom. The van der Waals surface area contributed by atoms with Gasteiger partial charge in [-0.15, -0.1) is 11.3 Å². The molecule has 0 aliphatic heterocycles. The van der Waals surface area contributed by atoms with Crippen LogP contribution in [-0.4, -0.2) is 10.9 Å². The van der Waals surface area contributed by atoms with E-state index < -0.39 is 0 Å². The number of benzene rings is 1. The van der Waals surface area contributed by atoms with E-state index in [0.717, 1.165) is 5.56 Å². The molecule has 0 bridgehead atoms. The second kappa shape index (κ2) is 4.76. The number of anilines is 1. The minimum Gasteiger partial charge on any atom is -0.399 e. The van der Waals surface area contributed by atoms with Crippen molar-refractivity contribution in [2.24, 2.45) is 0 Å². The summed E-state index contributed by atoms with van der Waals surface area (Å²) in [4.78, 5) is 16.1. The average Bonchev–Trinajstić information content (AvgIpc) is 2.79. The Hall–Kier alpha value is -1.88. The van der Waals surface area contributed by atoms with Crippen molar-refractivity contribution in [2.75, 3.05) is 5.73 Å². The normalized spacial score (nSPS) is 10.0. The molecule has 3 N–H and O–H groups in total. The number of aromatic nitrogens is 1. The van der Waals surface area contributed by atoms with Crippen LogP contribution in [0.5, 0.6) is 0 Å². The number of nitrogens with two attached hydrogens (primary N) is 1. The number of thiazole rings is 1. The summed E-state index contributed by atoms with van der Waals surface area (Å²) < 4.78 is 0. The number of hydrogen-bond acceptors (Lipinski definition) is 4. The van der Waals surface area contributed by atoms with Gasteiger partial charge in [0.1, 0.15) is 4.88 Å². The molecule has 5 heteroatoms. The summed E-state index contributed by atoms with van der Waals surface area (Å²) in [7, 11) is 0. The van der Waals surface area contributed by atoms with Crippen molar-refractivity contribution in [1.82, 2.24) is 10.3 Å². The second-order valence-corrected chi connectivity index (χ2v) is 4.18. The number of carbonyl (C=O) groups is 1. The molecule has 0 saturated heterocycles. The van der Waals surface area contributed by atoms with Crippen LogP contribution in [0, 0.1) is 0 Å². The number of nitrogens with one attached hydrogen (secondary N) is 1. The van der Waals surface area contributed by atoms with Crippen molar-refractivity contribution in [1.29, 1.82) is 0 Å². The maximum absolute atomic E-state index is 11.6. The van der Waals surface area contributed by atoms with Crippen molar-refractivity contribution in [3.05, 3.63) is 46.4 Å². The standard InChI is InChI=1S/C11H11N3OS/c12-9-3-1-2-8(4-9)5-14-11(15)10-6-13-7-16-10/h1-4,6-7H,5,12H2,(H,14,15). The number of hydrogen-bond donors (Lipinski definition) is 2. The molecule has 1 heterocycles. The molecule has 82 valence electrons. The van der Waals surface area contributed by atoms with Crippen LogP contribution >= 0.6 is 11.3 Å². The van der Waals surface area contributed by atoms with Crippen LogP contribution in [0.1, 0.15) is 15.2 Å². The molecule has 0 aliphatic rings. The zero-order chi connectivity index (χ0) is 11.4. The molecule has 1 aromatic carbocycles. The minimum atomic E-state index is -0.107. The summed E-state index contributed by atoms with van der Waals surface area (Å²) in [5.74, 6) is -0.107. The van der Waals surface area contributed by atoms with Gasteiger partial charge in [0.15, 0.2) is 0 Å². The first-order valence-electron chi connectivity index (χ1n) is 4.77. The van der Waals surface area contributed by atoms with Gasteiger partial charge in [-0.1, -0.05) is 12.1 Å². The van der Waals surface area contributed by atoms with Crippen LogP contribution in [-0.2, 0) is 6.54 Å². The molecule has 1 aromatic heterocycles. The Kier molecular flexibility index (Phi) is 3.16. The van der Waals surface area contributed by atoms with Crippen molar-refractivity contribution in [3.8, 4) is 0 Å². The lowest BCUT2D eigenvalue weighted by Crippen LogP contribution is -2.21. The molecule has 2 aromatic rings. The Bertz CT molecular complexity index is 482. The molecule has 0 aliphatic carbocycles. The van der Waals surface area contributed by atoms with Gasteiger partial charge < -0.3 is 11.1 Å². The third kappa shape index (κ3) is 2.58. The van der Waals surface area contributed by atoms with Crippen LogP contribution in [0.15, 0.2) is 36.0 Å². The average molecular weight is 233 g/mol. The summed E-state index contributed by atoms with van der Waals surface area (Å²) in [5.41, 5.74) is 8.96. The highest BCUT2D eigenvalue weighted by Gasteiger charge is 2.06. The van der Waals surface area contributed by atoms with Crippen molar-refractivity contribution in [3.63, 3.8) is 0 Å². The maximum atomic E-state index is 11.6. The lowest BCUT2D eigenvalue weighted by atomic mass is 10.2. The van der Waals surface area contributed by atoms with Gasteiger partial charge in [0, 0.05) is 12.2 Å². The fourth-order valence-corrected chi connectivity index (χ4v) is 1.84. The van der Waals surface area contributed by atoms with E-state index >= 15 is 0 Å². The highest BCUT2D eigenvalue weighted by Crippen LogP contribution is 2.08. The highest BCUT2D eigenvalue weighted by atomic mass is 32.1. The first-order chi connectivity index (χ1) is 7.75. The molecular formula is C11H11N3OS. The molecule has 2 rings (SSSR count). The van der Waals surface area contributed by atoms with E-state index in [9.17, 15) is 4.79 Å². The lowest BCUT2D eigenvalue weighted by Gasteiger charge is -2.04. The Balaban J connectivity index is 1.95. The maximum Gasteiger partial charge on any atom is 0.263 e. The Labute approximate surface area is 97.1 Å². The molecule has 0 radical (unpaired) electrons. The summed E-state index contributed by atoms with van der Waals surface area (Å²) in [6.07, 6.45) is 1.55. The van der Waals surface area contributed by atoms with E-state index in [0.29, 0.717) is 17.1 Å². The largest absolute Gasteiger partial charge is 0.399 e. The summed E-state index contributed by atoms with van der Waals surface area (Å²) in [6.45, 7) is 0.474. The van der Waals surface area contributed by atoms with E-state index in [1.165, 1.54) is 11.3 Å². The SMILES string of the molecule is Nc1cccc(CNC(=O)c2cncs2)c1. The number of amides is 1. The first kappa shape index (κ1) is 10.6. The predicted octanol–water partition coefficient (Wildman–Crippen LogP) is 1.66. The smallest absolute Gasteiger partial charge is 0.263 e. The molecule has 0 fully saturated rings. The van der Waals surface area contributed by atoms with Crippen LogP contribution in [0.3, 0.4) is 0 Å². The zero-order valence-corrected chi connectivity index (χ0v) is 9.33. The van der Waals surface area contributed by atoms with E-state index in [2.05, 4.69) is 10.3 Å². The van der Waals surface area contributed by atoms with Crippen molar-refractivity contribution in [2.45, 2.75) is 6.54 Å². The summed E-state index contributed by atoms with van der Waals surface area (Å²) in [5, 5.41) is 2.80. The van der Waals surface area contributed by atoms with Crippen LogP contribution in [0.25, 0.3) is 0 Å². The first-order valence-corrected chi connectivity index (χ1v) is 5.65. The Morgan fingerprint density at radius 1 is 1.50 bits per heavy atom. The highest BCUT2D eigenvalue weighted by molar-refractivity contribution is 7.11. The Morgan fingerprint density at radius 3 is 3.06 bits per heavy atom. The van der Waals surface area contributed by atoms with Gasteiger partial charge in [-0.2, -0.15) is 0 Å². The molecule has 0 spiro atoms. The molecule has 16 heavy (non-hydrogen) atoms. The van der Waals surface area contributed by atoms with Crippen LogP contribution < -0.4 is 11.1 Å². The van der Waals surface area contributed by atoms with Gasteiger partial charge in [0.05, 0.1) is 11.7 Å². The fourth-order valence-electron chi connectivity index (χ4n) is 1.30. The van der Waals surface area contributed by atoms with Gasteiger partial charge in [-0.25, -0.2) is 0 Å².